The molecular weight excluding hydrogens is 402 g/mol. The first-order chi connectivity index (χ1) is 10.1. The lowest BCUT2D eigenvalue weighted by atomic mass is 10.2. The van der Waals surface area contributed by atoms with Crippen LogP contribution in [0.3, 0.4) is 0 Å². The van der Waals surface area contributed by atoms with Crippen molar-refractivity contribution < 1.29 is 4.39 Å². The Morgan fingerprint density at radius 2 is 2.05 bits per heavy atom. The molecule has 0 saturated heterocycles. The number of aryl methyl sites for hydroxylation is 2. The molecule has 0 saturated carbocycles. The highest BCUT2D eigenvalue weighted by molar-refractivity contribution is 14.1. The third-order valence-electron chi connectivity index (χ3n) is 3.35. The van der Waals surface area contributed by atoms with Crippen LogP contribution in [0.1, 0.15) is 11.4 Å². The van der Waals surface area contributed by atoms with E-state index in [2.05, 4.69) is 50.3 Å². The van der Waals surface area contributed by atoms with Gasteiger partial charge >= 0.3 is 0 Å². The molecule has 0 aliphatic rings. The van der Waals surface area contributed by atoms with E-state index in [9.17, 15) is 4.39 Å². The van der Waals surface area contributed by atoms with Crippen molar-refractivity contribution in [3.63, 3.8) is 0 Å². The molecule has 0 N–H and O–H groups in total. The molecule has 21 heavy (non-hydrogen) atoms. The molecule has 0 fully saturated rings. The van der Waals surface area contributed by atoms with Crippen LogP contribution >= 0.6 is 34.2 Å². The molecule has 5 heteroatoms. The first kappa shape index (κ1) is 14.8. The molecule has 0 aliphatic carbocycles. The van der Waals surface area contributed by atoms with Crippen molar-refractivity contribution in [1.82, 2.24) is 9.55 Å². The van der Waals surface area contributed by atoms with E-state index in [0.717, 1.165) is 26.1 Å². The number of rotatable bonds is 3. The quantitative estimate of drug-likeness (QED) is 0.442. The second-order valence-electron chi connectivity index (χ2n) is 4.89. The van der Waals surface area contributed by atoms with Crippen LogP contribution in [0.5, 0.6) is 0 Å². The van der Waals surface area contributed by atoms with E-state index in [0.29, 0.717) is 12.3 Å². The topological polar surface area (TPSA) is 17.8 Å². The van der Waals surface area contributed by atoms with Crippen LogP contribution in [0.2, 0.25) is 0 Å². The molecule has 3 rings (SSSR count). The van der Waals surface area contributed by atoms with E-state index in [1.54, 1.807) is 6.07 Å². The van der Waals surface area contributed by atoms with Gasteiger partial charge in [-0.25, -0.2) is 9.37 Å². The second kappa shape index (κ2) is 5.93. The van der Waals surface area contributed by atoms with Crippen LogP contribution in [0, 0.1) is 16.3 Å². The van der Waals surface area contributed by atoms with E-state index < -0.39 is 0 Å². The van der Waals surface area contributed by atoms with Crippen molar-refractivity contribution in [2.75, 3.05) is 5.88 Å². The maximum atomic E-state index is 13.4. The van der Waals surface area contributed by atoms with Gasteiger partial charge in [0.1, 0.15) is 11.6 Å². The standard InChI is InChI=1S/C16H13ClFIN2/c1-10-2-4-15-13(8-10)20-16(6-7-17)21(15)14-5-3-11(18)9-12(14)19/h2-5,8-9H,6-7H2,1H3. The Kier molecular flexibility index (Phi) is 4.17. The van der Waals surface area contributed by atoms with Crippen molar-refractivity contribution in [1.29, 1.82) is 0 Å². The zero-order valence-corrected chi connectivity index (χ0v) is 14.3. The van der Waals surface area contributed by atoms with Gasteiger partial charge < -0.3 is 0 Å². The number of benzene rings is 2. The second-order valence-corrected chi connectivity index (χ2v) is 6.43. The predicted molar refractivity (Wildman–Crippen MR) is 92.9 cm³/mol. The molecule has 0 radical (unpaired) electrons. The van der Waals surface area contributed by atoms with Gasteiger partial charge in [0.05, 0.1) is 16.7 Å². The van der Waals surface area contributed by atoms with Crippen molar-refractivity contribution in [3.8, 4) is 5.69 Å². The maximum absolute atomic E-state index is 13.4. The zero-order valence-electron chi connectivity index (χ0n) is 11.4. The Bertz CT molecular complexity index is 813. The Morgan fingerprint density at radius 1 is 1.24 bits per heavy atom. The summed E-state index contributed by atoms with van der Waals surface area (Å²) in [6, 6.07) is 11.0. The monoisotopic (exact) mass is 414 g/mol. The molecule has 0 amide bonds. The molecule has 1 heterocycles. The number of aromatic nitrogens is 2. The fourth-order valence-electron chi connectivity index (χ4n) is 2.42. The van der Waals surface area contributed by atoms with E-state index in [1.165, 1.54) is 17.7 Å². The lowest BCUT2D eigenvalue weighted by molar-refractivity contribution is 0.626. The van der Waals surface area contributed by atoms with Crippen molar-refractivity contribution in [2.45, 2.75) is 13.3 Å². The summed E-state index contributed by atoms with van der Waals surface area (Å²) in [5.41, 5.74) is 4.06. The summed E-state index contributed by atoms with van der Waals surface area (Å²) in [5, 5.41) is 0. The van der Waals surface area contributed by atoms with Crippen LogP contribution in [-0.4, -0.2) is 15.4 Å². The third kappa shape index (κ3) is 2.79. The maximum Gasteiger partial charge on any atom is 0.124 e. The average molecular weight is 415 g/mol. The van der Waals surface area contributed by atoms with Gasteiger partial charge in [-0.15, -0.1) is 11.6 Å². The minimum Gasteiger partial charge on any atom is -0.295 e. The molecule has 0 unspecified atom stereocenters. The normalized spacial score (nSPS) is 11.2. The number of imidazole rings is 1. The van der Waals surface area contributed by atoms with Gasteiger partial charge in [0.15, 0.2) is 0 Å². The van der Waals surface area contributed by atoms with Gasteiger partial charge in [0.2, 0.25) is 0 Å². The average Bonchev–Trinajstić information content (AvgIpc) is 2.76. The molecule has 0 aliphatic heterocycles. The van der Waals surface area contributed by atoms with Crippen LogP contribution in [0.4, 0.5) is 4.39 Å². The zero-order chi connectivity index (χ0) is 15.0. The minimum atomic E-state index is -0.234. The molecule has 108 valence electrons. The summed E-state index contributed by atoms with van der Waals surface area (Å²) in [5.74, 6) is 1.16. The molecule has 2 aromatic carbocycles. The fraction of sp³-hybridized carbons (Fsp3) is 0.188. The van der Waals surface area contributed by atoms with E-state index in [4.69, 9.17) is 11.6 Å². The molecule has 2 nitrogen and oxygen atoms in total. The van der Waals surface area contributed by atoms with Crippen LogP contribution in [0.25, 0.3) is 16.7 Å². The van der Waals surface area contributed by atoms with Crippen LogP contribution in [-0.2, 0) is 6.42 Å². The number of fused-ring (bicyclic) bond motifs is 1. The summed E-state index contributed by atoms with van der Waals surface area (Å²) in [6.07, 6.45) is 0.669. The Morgan fingerprint density at radius 3 is 2.76 bits per heavy atom. The lowest BCUT2D eigenvalue weighted by Crippen LogP contribution is -2.04. The molecule has 0 bridgehead atoms. The Balaban J connectivity index is 2.30. The lowest BCUT2D eigenvalue weighted by Gasteiger charge is -2.11. The summed E-state index contributed by atoms with van der Waals surface area (Å²) < 4.78 is 16.3. The summed E-state index contributed by atoms with van der Waals surface area (Å²) >= 11 is 8.05. The van der Waals surface area contributed by atoms with Crippen molar-refractivity contribution in [2.24, 2.45) is 0 Å². The summed E-state index contributed by atoms with van der Waals surface area (Å²) in [4.78, 5) is 4.68. The number of halogens is 3. The highest BCUT2D eigenvalue weighted by Crippen LogP contribution is 2.26. The Hall–Kier alpha value is -1.14. The van der Waals surface area contributed by atoms with Crippen molar-refractivity contribution >= 4 is 45.2 Å². The van der Waals surface area contributed by atoms with E-state index >= 15 is 0 Å². The predicted octanol–water partition coefficient (Wildman–Crippen LogP) is 4.86. The first-order valence-corrected chi connectivity index (χ1v) is 8.21. The van der Waals surface area contributed by atoms with Gasteiger partial charge in [0, 0.05) is 15.9 Å². The van der Waals surface area contributed by atoms with E-state index in [1.807, 2.05) is 6.92 Å². The van der Waals surface area contributed by atoms with Gasteiger partial charge in [-0.2, -0.15) is 0 Å². The van der Waals surface area contributed by atoms with Crippen LogP contribution < -0.4 is 0 Å². The molecular formula is C16H13ClFIN2. The number of hydrogen-bond acceptors (Lipinski definition) is 1. The fourth-order valence-corrected chi connectivity index (χ4v) is 3.31. The van der Waals surface area contributed by atoms with Gasteiger partial charge in [-0.05, 0) is 65.4 Å². The number of hydrogen-bond donors (Lipinski definition) is 0. The largest absolute Gasteiger partial charge is 0.295 e. The minimum absolute atomic E-state index is 0.234. The number of alkyl halides is 1. The third-order valence-corrected chi connectivity index (χ3v) is 4.40. The molecule has 3 aromatic rings. The summed E-state index contributed by atoms with van der Waals surface area (Å²) in [7, 11) is 0. The first-order valence-electron chi connectivity index (χ1n) is 6.59. The SMILES string of the molecule is Cc1ccc2c(c1)nc(CCCl)n2-c1ccc(F)cc1I. The van der Waals surface area contributed by atoms with Gasteiger partial charge in [-0.3, -0.25) is 4.57 Å². The van der Waals surface area contributed by atoms with Gasteiger partial charge in [0.25, 0.3) is 0 Å². The smallest absolute Gasteiger partial charge is 0.124 e. The van der Waals surface area contributed by atoms with Gasteiger partial charge in [-0.1, -0.05) is 6.07 Å². The highest BCUT2D eigenvalue weighted by Gasteiger charge is 2.14. The Labute approximate surface area is 141 Å². The molecule has 0 spiro atoms. The number of nitrogens with zero attached hydrogens (tertiary/aromatic N) is 2. The van der Waals surface area contributed by atoms with Crippen LogP contribution in [0.15, 0.2) is 36.4 Å². The summed E-state index contributed by atoms with van der Waals surface area (Å²) in [6.45, 7) is 2.04. The molecule has 1 aromatic heterocycles. The highest BCUT2D eigenvalue weighted by atomic mass is 127. The molecule has 0 atom stereocenters. The van der Waals surface area contributed by atoms with E-state index in [-0.39, 0.29) is 5.82 Å². The van der Waals surface area contributed by atoms with Crippen molar-refractivity contribution in [3.05, 3.63) is 57.2 Å².